The summed E-state index contributed by atoms with van der Waals surface area (Å²) in [5.41, 5.74) is 8.87. The standard InChI is InChI=1S/C16H25NO/c1-11(2)5-14(10-17)9-16(18)15-7-12(3)6-13(4)8-15/h6-8,11,14H,5,9-10,17H2,1-4H3. The molecule has 0 spiro atoms. The van der Waals surface area contributed by atoms with Crippen LogP contribution in [-0.4, -0.2) is 12.3 Å². The minimum Gasteiger partial charge on any atom is -0.330 e. The molecule has 0 saturated heterocycles. The molecule has 1 unspecified atom stereocenters. The summed E-state index contributed by atoms with van der Waals surface area (Å²) in [6, 6.07) is 6.03. The number of carbonyl (C=O) groups excluding carboxylic acids is 1. The van der Waals surface area contributed by atoms with E-state index in [1.807, 2.05) is 26.0 Å². The highest BCUT2D eigenvalue weighted by Crippen LogP contribution is 2.18. The van der Waals surface area contributed by atoms with Gasteiger partial charge in [0, 0.05) is 12.0 Å². The Kier molecular flexibility index (Phi) is 5.54. The maximum atomic E-state index is 12.2. The summed E-state index contributed by atoms with van der Waals surface area (Å²) < 4.78 is 0. The average molecular weight is 247 g/mol. The quantitative estimate of drug-likeness (QED) is 0.782. The second-order valence-electron chi connectivity index (χ2n) is 5.73. The van der Waals surface area contributed by atoms with Crippen LogP contribution in [0.1, 0.15) is 48.2 Å². The molecule has 1 rings (SSSR count). The van der Waals surface area contributed by atoms with Gasteiger partial charge in [0.1, 0.15) is 0 Å². The number of hydrogen-bond donors (Lipinski definition) is 1. The zero-order valence-corrected chi connectivity index (χ0v) is 12.0. The van der Waals surface area contributed by atoms with Crippen LogP contribution in [0.15, 0.2) is 18.2 Å². The highest BCUT2D eigenvalue weighted by atomic mass is 16.1. The molecule has 0 saturated carbocycles. The minimum absolute atomic E-state index is 0.220. The SMILES string of the molecule is Cc1cc(C)cc(C(=O)CC(CN)CC(C)C)c1. The second kappa shape index (κ2) is 6.69. The van der Waals surface area contributed by atoms with Crippen molar-refractivity contribution in [1.29, 1.82) is 0 Å². The van der Waals surface area contributed by atoms with Gasteiger partial charge in [0.2, 0.25) is 0 Å². The van der Waals surface area contributed by atoms with Crippen molar-refractivity contribution < 1.29 is 4.79 Å². The largest absolute Gasteiger partial charge is 0.330 e. The third-order valence-electron chi connectivity index (χ3n) is 3.16. The zero-order valence-electron chi connectivity index (χ0n) is 12.0. The summed E-state index contributed by atoms with van der Waals surface area (Å²) in [5, 5.41) is 0. The summed E-state index contributed by atoms with van der Waals surface area (Å²) in [5.74, 6) is 1.11. The summed E-state index contributed by atoms with van der Waals surface area (Å²) in [7, 11) is 0. The molecule has 18 heavy (non-hydrogen) atoms. The van der Waals surface area contributed by atoms with Crippen molar-refractivity contribution >= 4 is 5.78 Å². The number of carbonyl (C=O) groups is 1. The summed E-state index contributed by atoms with van der Waals surface area (Å²) >= 11 is 0. The van der Waals surface area contributed by atoms with Crippen molar-refractivity contribution in [3.05, 3.63) is 34.9 Å². The lowest BCUT2D eigenvalue weighted by molar-refractivity contribution is 0.0957. The van der Waals surface area contributed by atoms with Gasteiger partial charge in [-0.05, 0) is 50.8 Å². The fraction of sp³-hybridized carbons (Fsp3) is 0.562. The molecule has 1 aromatic rings. The number of ketones is 1. The number of nitrogens with two attached hydrogens (primary N) is 1. The van der Waals surface area contributed by atoms with E-state index in [9.17, 15) is 4.79 Å². The number of rotatable bonds is 6. The molecule has 0 heterocycles. The maximum absolute atomic E-state index is 12.2. The lowest BCUT2D eigenvalue weighted by atomic mass is 9.90. The first-order chi connectivity index (χ1) is 8.42. The van der Waals surface area contributed by atoms with Crippen molar-refractivity contribution in [2.24, 2.45) is 17.6 Å². The Balaban J connectivity index is 2.74. The highest BCUT2D eigenvalue weighted by Gasteiger charge is 2.15. The van der Waals surface area contributed by atoms with Crippen molar-refractivity contribution in [3.8, 4) is 0 Å². The molecule has 0 aliphatic heterocycles. The molecule has 1 atom stereocenters. The first-order valence-electron chi connectivity index (χ1n) is 6.74. The van der Waals surface area contributed by atoms with Crippen LogP contribution in [0, 0.1) is 25.7 Å². The molecule has 1 aromatic carbocycles. The smallest absolute Gasteiger partial charge is 0.163 e. The average Bonchev–Trinajstić information content (AvgIpc) is 2.26. The van der Waals surface area contributed by atoms with Crippen molar-refractivity contribution in [1.82, 2.24) is 0 Å². The monoisotopic (exact) mass is 247 g/mol. The van der Waals surface area contributed by atoms with E-state index in [0.717, 1.165) is 23.1 Å². The Hall–Kier alpha value is -1.15. The van der Waals surface area contributed by atoms with Gasteiger partial charge in [-0.3, -0.25) is 4.79 Å². The number of hydrogen-bond acceptors (Lipinski definition) is 2. The van der Waals surface area contributed by atoms with E-state index in [1.165, 1.54) is 0 Å². The zero-order chi connectivity index (χ0) is 13.7. The molecule has 0 fully saturated rings. The van der Waals surface area contributed by atoms with Gasteiger partial charge in [0.05, 0.1) is 0 Å². The third kappa shape index (κ3) is 4.61. The number of aryl methyl sites for hydroxylation is 2. The van der Waals surface area contributed by atoms with E-state index in [1.54, 1.807) is 0 Å². The Morgan fingerprint density at radius 3 is 2.17 bits per heavy atom. The van der Waals surface area contributed by atoms with Crippen LogP contribution in [0.5, 0.6) is 0 Å². The van der Waals surface area contributed by atoms with Crippen LogP contribution < -0.4 is 5.73 Å². The fourth-order valence-electron chi connectivity index (χ4n) is 2.45. The fourth-order valence-corrected chi connectivity index (χ4v) is 2.45. The molecule has 2 N–H and O–H groups in total. The van der Waals surface area contributed by atoms with E-state index in [4.69, 9.17) is 5.73 Å². The van der Waals surface area contributed by atoms with E-state index in [-0.39, 0.29) is 5.78 Å². The van der Waals surface area contributed by atoms with Crippen LogP contribution in [0.3, 0.4) is 0 Å². The molecule has 0 aliphatic carbocycles. The van der Waals surface area contributed by atoms with Gasteiger partial charge < -0.3 is 5.73 Å². The molecule has 0 amide bonds. The van der Waals surface area contributed by atoms with Crippen molar-refractivity contribution in [2.45, 2.75) is 40.5 Å². The minimum atomic E-state index is 0.220. The van der Waals surface area contributed by atoms with Crippen molar-refractivity contribution in [3.63, 3.8) is 0 Å². The van der Waals surface area contributed by atoms with Crippen LogP contribution >= 0.6 is 0 Å². The van der Waals surface area contributed by atoms with Gasteiger partial charge in [-0.15, -0.1) is 0 Å². The summed E-state index contributed by atoms with van der Waals surface area (Å²) in [6.45, 7) is 8.99. The Bertz CT molecular complexity index is 389. The van der Waals surface area contributed by atoms with E-state index < -0.39 is 0 Å². The van der Waals surface area contributed by atoms with Crippen LogP contribution in [0.25, 0.3) is 0 Å². The number of benzene rings is 1. The topological polar surface area (TPSA) is 43.1 Å². The van der Waals surface area contributed by atoms with Crippen LogP contribution in [0.4, 0.5) is 0 Å². The van der Waals surface area contributed by atoms with Gasteiger partial charge in [-0.25, -0.2) is 0 Å². The third-order valence-corrected chi connectivity index (χ3v) is 3.16. The normalized spacial score (nSPS) is 12.8. The highest BCUT2D eigenvalue weighted by molar-refractivity contribution is 5.96. The lowest BCUT2D eigenvalue weighted by Crippen LogP contribution is -2.20. The van der Waals surface area contributed by atoms with Gasteiger partial charge in [0.15, 0.2) is 5.78 Å². The molecule has 2 heteroatoms. The van der Waals surface area contributed by atoms with E-state index in [2.05, 4.69) is 19.9 Å². The van der Waals surface area contributed by atoms with E-state index >= 15 is 0 Å². The summed E-state index contributed by atoms with van der Waals surface area (Å²) in [4.78, 5) is 12.2. The molecule has 0 aliphatic rings. The molecule has 0 radical (unpaired) electrons. The Morgan fingerprint density at radius 1 is 1.17 bits per heavy atom. The van der Waals surface area contributed by atoms with Gasteiger partial charge in [-0.2, -0.15) is 0 Å². The van der Waals surface area contributed by atoms with Crippen LogP contribution in [0.2, 0.25) is 0 Å². The lowest BCUT2D eigenvalue weighted by Gasteiger charge is -2.16. The predicted octanol–water partition coefficient (Wildman–Crippen LogP) is 3.50. The number of Topliss-reactive ketones (excluding diaryl/α,β-unsaturated/α-hetero) is 1. The van der Waals surface area contributed by atoms with Crippen LogP contribution in [-0.2, 0) is 0 Å². The summed E-state index contributed by atoms with van der Waals surface area (Å²) in [6.07, 6.45) is 1.59. The molecular formula is C16H25NO. The van der Waals surface area contributed by atoms with Gasteiger partial charge in [0.25, 0.3) is 0 Å². The first-order valence-corrected chi connectivity index (χ1v) is 6.74. The molecule has 2 nitrogen and oxygen atoms in total. The maximum Gasteiger partial charge on any atom is 0.163 e. The van der Waals surface area contributed by atoms with Crippen molar-refractivity contribution in [2.75, 3.05) is 6.54 Å². The molecule has 0 bridgehead atoms. The Labute approximate surface area is 111 Å². The molecular weight excluding hydrogens is 222 g/mol. The first kappa shape index (κ1) is 14.9. The van der Waals surface area contributed by atoms with Gasteiger partial charge >= 0.3 is 0 Å². The van der Waals surface area contributed by atoms with Gasteiger partial charge in [-0.1, -0.05) is 31.0 Å². The second-order valence-corrected chi connectivity index (χ2v) is 5.73. The molecule has 0 aromatic heterocycles. The van der Waals surface area contributed by atoms with E-state index in [0.29, 0.717) is 24.8 Å². The predicted molar refractivity (Wildman–Crippen MR) is 76.9 cm³/mol. The Morgan fingerprint density at radius 2 is 1.72 bits per heavy atom. The molecule has 100 valence electrons.